The zero-order valence-electron chi connectivity index (χ0n) is 27.1. The van der Waals surface area contributed by atoms with Crippen LogP contribution in [0.4, 0.5) is 0 Å². The van der Waals surface area contributed by atoms with Crippen molar-refractivity contribution < 1.29 is 62.0 Å². The zero-order chi connectivity index (χ0) is 39.7. The van der Waals surface area contributed by atoms with Crippen molar-refractivity contribution in [2.24, 2.45) is 10.3 Å². The SMILES string of the molecule is O=C(O)/C1=C\c2cc(Br)c(OS(=O)(=O)O)c(c2)-c2cc(cc(Br)c2O)C/C(=N\O)C(=O)NCCSSCCNC(=O)/C(=N/O)Cc2cc(Br)c(O)c(c2)O1. The van der Waals surface area contributed by atoms with Crippen LogP contribution in [0.15, 0.2) is 65.9 Å². The molecule has 0 saturated carbocycles. The third-order valence-corrected chi connectivity index (χ3v) is 11.6. The van der Waals surface area contributed by atoms with Crippen LogP contribution < -0.4 is 19.6 Å². The van der Waals surface area contributed by atoms with E-state index in [1.807, 2.05) is 0 Å². The van der Waals surface area contributed by atoms with Crippen LogP contribution in [0.25, 0.3) is 17.2 Å². The Morgan fingerprint density at radius 1 is 0.796 bits per heavy atom. The Kier molecular flexibility index (Phi) is 15.1. The number of oxime groups is 2. The van der Waals surface area contributed by atoms with E-state index in [2.05, 4.69) is 68.7 Å². The summed E-state index contributed by atoms with van der Waals surface area (Å²) in [5.74, 6) is -4.87. The van der Waals surface area contributed by atoms with Crippen LogP contribution in [0.2, 0.25) is 0 Å². The van der Waals surface area contributed by atoms with Crippen molar-refractivity contribution in [3.63, 3.8) is 0 Å². The molecule has 4 rings (SSSR count). The van der Waals surface area contributed by atoms with Gasteiger partial charge in [0.15, 0.2) is 17.2 Å². The number of carboxylic acids is 1. The van der Waals surface area contributed by atoms with Gasteiger partial charge in [-0.3, -0.25) is 14.1 Å². The Morgan fingerprint density at radius 3 is 1.85 bits per heavy atom. The van der Waals surface area contributed by atoms with Crippen molar-refractivity contribution in [3.8, 4) is 34.1 Å². The Bertz CT molecular complexity index is 2180. The highest BCUT2D eigenvalue weighted by Crippen LogP contribution is 2.45. The topological polar surface area (TPSA) is 274 Å². The molecule has 2 amide bonds. The molecule has 0 atom stereocenters. The van der Waals surface area contributed by atoms with Gasteiger partial charge in [-0.05, 0) is 107 Å². The number of aliphatic carboxylic acids is 1. The third kappa shape index (κ3) is 11.5. The van der Waals surface area contributed by atoms with E-state index in [1.165, 1.54) is 58.0 Å². The van der Waals surface area contributed by atoms with Gasteiger partial charge in [0.1, 0.15) is 17.2 Å². The zero-order valence-corrected chi connectivity index (χ0v) is 34.3. The van der Waals surface area contributed by atoms with Crippen LogP contribution in [-0.2, 0) is 37.6 Å². The van der Waals surface area contributed by atoms with Gasteiger partial charge in [-0.2, -0.15) is 8.42 Å². The number of ether oxygens (including phenoxy) is 1. The molecule has 17 nitrogen and oxygen atoms in total. The highest BCUT2D eigenvalue weighted by atomic mass is 79.9. The Labute approximate surface area is 339 Å². The fraction of sp³-hybridized carbons (Fsp3) is 0.194. The van der Waals surface area contributed by atoms with E-state index in [0.717, 1.165) is 6.08 Å². The predicted molar refractivity (Wildman–Crippen MR) is 210 cm³/mol. The molecule has 0 aromatic heterocycles. The molecule has 1 aliphatic heterocycles. The summed E-state index contributed by atoms with van der Waals surface area (Å²) in [5, 5.41) is 62.7. The standard InChI is InChI=1S/C31H27Br3N4O13S3/c32-19-7-14-5-17(26(19)39)18-6-15(9-21(34)28(18)51-54(47,48)49)13-25(31(43)44)50-24-12-16(8-20(33)27(24)40)11-23(38-46)30(42)36-2-4-53-52-3-1-35-29(41)22(10-14)37-45/h5-9,12-13,39-40,45-46H,1-4,10-11H2,(H,35,41)(H,36,42)(H,43,44)(H,47,48,49)/b25-13+,37-22+,38-23+. The summed E-state index contributed by atoms with van der Waals surface area (Å²) in [6.07, 6.45) is 0.423. The Balaban J connectivity index is 1.91. The minimum atomic E-state index is -5.18. The largest absolute Gasteiger partial charge is 0.506 e. The average molecular weight is 999 g/mol. The fourth-order valence-corrected chi connectivity index (χ4v) is 8.57. The maximum absolute atomic E-state index is 12.9. The number of rotatable bonds is 3. The molecule has 8 N–H and O–H groups in total. The van der Waals surface area contributed by atoms with Crippen molar-refractivity contribution in [1.82, 2.24) is 10.6 Å². The van der Waals surface area contributed by atoms with Gasteiger partial charge in [-0.1, -0.05) is 31.9 Å². The normalized spacial score (nSPS) is 17.8. The van der Waals surface area contributed by atoms with Gasteiger partial charge in [0.2, 0.25) is 5.76 Å². The van der Waals surface area contributed by atoms with Gasteiger partial charge < -0.3 is 45.3 Å². The van der Waals surface area contributed by atoms with Crippen LogP contribution in [0, 0.1) is 0 Å². The van der Waals surface area contributed by atoms with Crippen LogP contribution in [0.5, 0.6) is 23.0 Å². The van der Waals surface area contributed by atoms with E-state index in [0.29, 0.717) is 11.5 Å². The summed E-state index contributed by atoms with van der Waals surface area (Å²) < 4.78 is 43.8. The minimum absolute atomic E-state index is 0.00608. The van der Waals surface area contributed by atoms with Crippen LogP contribution in [0.3, 0.4) is 0 Å². The molecule has 23 heteroatoms. The van der Waals surface area contributed by atoms with Gasteiger partial charge in [-0.15, -0.1) is 0 Å². The number of nitrogens with zero attached hydrogens (tertiary/aromatic N) is 2. The van der Waals surface area contributed by atoms with Crippen LogP contribution >= 0.6 is 69.4 Å². The second kappa shape index (κ2) is 19.0. The quantitative estimate of drug-likeness (QED) is 0.0733. The van der Waals surface area contributed by atoms with Gasteiger partial charge in [-0.25, -0.2) is 4.79 Å². The Morgan fingerprint density at radius 2 is 1.33 bits per heavy atom. The molecule has 0 fully saturated rings. The van der Waals surface area contributed by atoms with E-state index in [4.69, 9.17) is 8.92 Å². The first-order valence-corrected chi connectivity index (χ1v) is 21.1. The molecule has 1 heterocycles. The molecular formula is C31H27Br3N4O13S3. The van der Waals surface area contributed by atoms with E-state index in [-0.39, 0.29) is 84.3 Å². The predicted octanol–water partition coefficient (Wildman–Crippen LogP) is 5.11. The summed E-state index contributed by atoms with van der Waals surface area (Å²) in [4.78, 5) is 38.1. The highest BCUT2D eigenvalue weighted by molar-refractivity contribution is 9.11. The van der Waals surface area contributed by atoms with Crippen molar-refractivity contribution in [2.45, 2.75) is 12.8 Å². The number of carbonyl (C=O) groups is 3. The summed E-state index contributed by atoms with van der Waals surface area (Å²) in [7, 11) is -2.41. The lowest BCUT2D eigenvalue weighted by molar-refractivity contribution is -0.135. The number of carbonyl (C=O) groups excluding carboxylic acids is 2. The first-order chi connectivity index (χ1) is 25.5. The number of nitrogens with one attached hydrogen (secondary N) is 2. The molecular weight excluding hydrogens is 972 g/mol. The molecule has 0 radical (unpaired) electrons. The summed E-state index contributed by atoms with van der Waals surface area (Å²) >= 11 is 9.55. The smallest absolute Gasteiger partial charge is 0.446 e. The second-order valence-electron chi connectivity index (χ2n) is 10.8. The number of phenols is 2. The number of fused-ring (bicyclic) bond motifs is 7. The molecule has 0 spiro atoms. The number of benzene rings is 3. The number of halogens is 3. The number of amides is 2. The lowest BCUT2D eigenvalue weighted by Crippen LogP contribution is -2.34. The number of phenolic OH excluding ortho intramolecular Hbond substituents is 2. The molecule has 6 bridgehead atoms. The molecule has 3 aromatic rings. The van der Waals surface area contributed by atoms with E-state index >= 15 is 0 Å². The summed E-state index contributed by atoms with van der Waals surface area (Å²) in [6, 6.07) is 7.73. The van der Waals surface area contributed by atoms with Gasteiger partial charge in [0.25, 0.3) is 11.8 Å². The van der Waals surface area contributed by atoms with Crippen molar-refractivity contribution >= 4 is 115 Å². The highest BCUT2D eigenvalue weighted by Gasteiger charge is 2.25. The molecule has 3 aromatic carbocycles. The van der Waals surface area contributed by atoms with Crippen molar-refractivity contribution in [3.05, 3.63) is 72.3 Å². The Hall–Kier alpha value is -4.00. The third-order valence-electron chi connectivity index (χ3n) is 7.02. The summed E-state index contributed by atoms with van der Waals surface area (Å²) in [6.45, 7) is 0.360. The van der Waals surface area contributed by atoms with Crippen molar-refractivity contribution in [2.75, 3.05) is 24.6 Å². The van der Waals surface area contributed by atoms with Gasteiger partial charge in [0.05, 0.1) is 13.4 Å². The summed E-state index contributed by atoms with van der Waals surface area (Å²) in [5.41, 5.74) is -0.459. The molecule has 0 aliphatic carbocycles. The van der Waals surface area contributed by atoms with E-state index < -0.39 is 51.2 Å². The first-order valence-electron chi connectivity index (χ1n) is 14.9. The number of carboxylic acid groups (broad SMARTS) is 1. The first kappa shape index (κ1) is 42.7. The average Bonchev–Trinajstić information content (AvgIpc) is 3.10. The van der Waals surface area contributed by atoms with Crippen LogP contribution in [-0.4, -0.2) is 92.5 Å². The monoisotopic (exact) mass is 996 g/mol. The molecule has 1 aliphatic rings. The second-order valence-corrected chi connectivity index (χ2v) is 17.1. The maximum atomic E-state index is 12.9. The van der Waals surface area contributed by atoms with Gasteiger partial charge in [0, 0.05) is 48.6 Å². The van der Waals surface area contributed by atoms with E-state index in [1.54, 1.807) is 0 Å². The lowest BCUT2D eigenvalue weighted by Gasteiger charge is -2.16. The maximum Gasteiger partial charge on any atom is 0.446 e. The number of hydrogen-bond acceptors (Lipinski definition) is 15. The fourth-order valence-electron chi connectivity index (χ4n) is 4.71. The molecule has 54 heavy (non-hydrogen) atoms. The van der Waals surface area contributed by atoms with Crippen molar-refractivity contribution in [1.29, 1.82) is 0 Å². The van der Waals surface area contributed by atoms with Gasteiger partial charge >= 0.3 is 16.4 Å². The van der Waals surface area contributed by atoms with E-state index in [9.17, 15) is 53.1 Å². The molecule has 0 saturated heterocycles. The molecule has 0 unspecified atom stereocenters. The minimum Gasteiger partial charge on any atom is -0.506 e. The number of hydrogen-bond donors (Lipinski definition) is 8. The van der Waals surface area contributed by atoms with Crippen LogP contribution in [0.1, 0.15) is 16.7 Å². The number of aromatic hydroxyl groups is 2. The molecule has 288 valence electrons. The lowest BCUT2D eigenvalue weighted by atomic mass is 9.97.